The van der Waals surface area contributed by atoms with Crippen LogP contribution in [0.4, 0.5) is 8.78 Å². The Morgan fingerprint density at radius 1 is 1.35 bits per heavy atom. The molecule has 0 aliphatic heterocycles. The second-order valence-electron chi connectivity index (χ2n) is 4.87. The van der Waals surface area contributed by atoms with Crippen molar-refractivity contribution in [2.24, 2.45) is 7.05 Å². The van der Waals surface area contributed by atoms with E-state index in [1.54, 1.807) is 7.05 Å². The molecule has 0 unspecified atom stereocenters. The quantitative estimate of drug-likeness (QED) is 0.674. The number of hydrogen-bond acceptors (Lipinski definition) is 3. The molecule has 0 amide bonds. The Morgan fingerprint density at radius 2 is 2.09 bits per heavy atom. The van der Waals surface area contributed by atoms with Crippen LogP contribution in [-0.2, 0) is 7.05 Å². The third-order valence-electron chi connectivity index (χ3n) is 3.52. The first-order valence-electron chi connectivity index (χ1n) is 6.48. The van der Waals surface area contributed by atoms with Crippen LogP contribution in [0, 0.1) is 23.0 Å². The van der Waals surface area contributed by atoms with Crippen LogP contribution in [-0.4, -0.2) is 15.6 Å². The maximum absolute atomic E-state index is 14.4. The van der Waals surface area contributed by atoms with Crippen LogP contribution in [0.15, 0.2) is 30.5 Å². The Kier molecular flexibility index (Phi) is 3.58. The summed E-state index contributed by atoms with van der Waals surface area (Å²) in [6, 6.07) is 6.15. The molecule has 0 atom stereocenters. The summed E-state index contributed by atoms with van der Waals surface area (Å²) in [5, 5.41) is 13.6. The van der Waals surface area contributed by atoms with Crippen LogP contribution >= 0.6 is 11.6 Å². The number of nitriles is 1. The molecule has 1 heterocycles. The highest BCUT2D eigenvalue weighted by Crippen LogP contribution is 2.28. The number of hydrogen-bond donors (Lipinski definition) is 0. The van der Waals surface area contributed by atoms with E-state index in [-0.39, 0.29) is 16.1 Å². The van der Waals surface area contributed by atoms with Crippen molar-refractivity contribution in [1.29, 1.82) is 5.26 Å². The number of halogens is 3. The van der Waals surface area contributed by atoms with Crippen molar-refractivity contribution in [2.75, 3.05) is 0 Å². The van der Waals surface area contributed by atoms with E-state index in [0.29, 0.717) is 10.9 Å². The van der Waals surface area contributed by atoms with Gasteiger partial charge in [0.1, 0.15) is 17.7 Å². The number of aromatic nitrogens is 2. The number of ketones is 1. The van der Waals surface area contributed by atoms with Gasteiger partial charge in [0.25, 0.3) is 0 Å². The van der Waals surface area contributed by atoms with Crippen LogP contribution in [0.3, 0.4) is 0 Å². The van der Waals surface area contributed by atoms with Gasteiger partial charge >= 0.3 is 0 Å². The maximum atomic E-state index is 14.4. The summed E-state index contributed by atoms with van der Waals surface area (Å²) in [5.41, 5.74) is -0.426. The zero-order chi connectivity index (χ0) is 16.7. The fourth-order valence-corrected chi connectivity index (χ4v) is 2.60. The van der Waals surface area contributed by atoms with Crippen LogP contribution in [0.1, 0.15) is 21.5 Å². The minimum absolute atomic E-state index is 0.0222. The predicted octanol–water partition coefficient (Wildman–Crippen LogP) is 3.61. The lowest BCUT2D eigenvalue weighted by Gasteiger charge is -2.08. The average Bonchev–Trinajstić information content (AvgIpc) is 2.89. The molecule has 0 saturated carbocycles. The lowest BCUT2D eigenvalue weighted by Crippen LogP contribution is -2.09. The van der Waals surface area contributed by atoms with E-state index in [1.807, 2.05) is 6.07 Å². The molecule has 2 aromatic carbocycles. The lowest BCUT2D eigenvalue weighted by molar-refractivity contribution is 0.103. The van der Waals surface area contributed by atoms with Gasteiger partial charge in [0.05, 0.1) is 27.9 Å². The second kappa shape index (κ2) is 5.45. The van der Waals surface area contributed by atoms with Crippen molar-refractivity contribution in [3.63, 3.8) is 0 Å². The Hall–Kier alpha value is -2.78. The topological polar surface area (TPSA) is 58.7 Å². The highest BCUT2D eigenvalue weighted by Gasteiger charge is 2.24. The standard InChI is InChI=1S/C16H8ClF2N3O/c1-22-14-5-13(19)15(10(6-20)11(14)7-21-22)16(23)9-4-8(18)2-3-12(9)17/h2-5,7H,1H3. The molecule has 3 aromatic rings. The van der Waals surface area contributed by atoms with Crippen LogP contribution < -0.4 is 0 Å². The summed E-state index contributed by atoms with van der Waals surface area (Å²) < 4.78 is 29.2. The summed E-state index contributed by atoms with van der Waals surface area (Å²) in [7, 11) is 1.59. The number of nitrogens with zero attached hydrogens (tertiary/aromatic N) is 3. The van der Waals surface area contributed by atoms with Gasteiger partial charge in [0.2, 0.25) is 0 Å². The monoisotopic (exact) mass is 331 g/mol. The van der Waals surface area contributed by atoms with E-state index >= 15 is 0 Å². The highest BCUT2D eigenvalue weighted by molar-refractivity contribution is 6.35. The van der Waals surface area contributed by atoms with Gasteiger partial charge in [-0.3, -0.25) is 9.48 Å². The summed E-state index contributed by atoms with van der Waals surface area (Å²) >= 11 is 5.90. The predicted molar refractivity (Wildman–Crippen MR) is 80.2 cm³/mol. The molecule has 0 saturated heterocycles. The van der Waals surface area contributed by atoms with E-state index in [0.717, 1.165) is 18.2 Å². The lowest BCUT2D eigenvalue weighted by atomic mass is 9.95. The molecule has 0 bridgehead atoms. The Labute approximate surface area is 134 Å². The zero-order valence-electron chi connectivity index (χ0n) is 11.8. The van der Waals surface area contributed by atoms with Crippen molar-refractivity contribution in [3.05, 3.63) is 63.8 Å². The van der Waals surface area contributed by atoms with E-state index < -0.39 is 23.0 Å². The molecule has 0 fully saturated rings. The Morgan fingerprint density at radius 3 is 2.78 bits per heavy atom. The fourth-order valence-electron chi connectivity index (χ4n) is 2.40. The molecule has 114 valence electrons. The van der Waals surface area contributed by atoms with Gasteiger partial charge in [0, 0.05) is 24.1 Å². The number of carbonyl (C=O) groups excluding carboxylic acids is 1. The highest BCUT2D eigenvalue weighted by atomic mass is 35.5. The third-order valence-corrected chi connectivity index (χ3v) is 3.85. The summed E-state index contributed by atoms with van der Waals surface area (Å²) in [4.78, 5) is 12.6. The minimum Gasteiger partial charge on any atom is -0.288 e. The third kappa shape index (κ3) is 2.35. The molecule has 0 radical (unpaired) electrons. The van der Waals surface area contributed by atoms with Gasteiger partial charge in [-0.05, 0) is 18.2 Å². The number of carbonyl (C=O) groups is 1. The second-order valence-corrected chi connectivity index (χ2v) is 5.28. The molecule has 4 nitrogen and oxygen atoms in total. The number of benzene rings is 2. The number of aryl methyl sites for hydroxylation is 1. The zero-order valence-corrected chi connectivity index (χ0v) is 12.5. The van der Waals surface area contributed by atoms with E-state index in [1.165, 1.54) is 16.9 Å². The van der Waals surface area contributed by atoms with Crippen molar-refractivity contribution >= 4 is 28.3 Å². The van der Waals surface area contributed by atoms with Crippen molar-refractivity contribution in [1.82, 2.24) is 9.78 Å². The molecule has 0 spiro atoms. The number of rotatable bonds is 2. The average molecular weight is 332 g/mol. The van der Waals surface area contributed by atoms with E-state index in [9.17, 15) is 18.8 Å². The number of fused-ring (bicyclic) bond motifs is 1. The SMILES string of the molecule is Cn1ncc2c(C#N)c(C(=O)c3cc(F)ccc3Cl)c(F)cc21. The molecule has 3 rings (SSSR count). The molecule has 0 aliphatic carbocycles. The molecule has 0 aliphatic rings. The van der Waals surface area contributed by atoms with Gasteiger partial charge in [-0.1, -0.05) is 11.6 Å². The Bertz CT molecular complexity index is 1000. The smallest absolute Gasteiger partial charge is 0.198 e. The molecule has 7 heteroatoms. The first-order valence-corrected chi connectivity index (χ1v) is 6.86. The molecular formula is C16H8ClF2N3O. The van der Waals surface area contributed by atoms with Crippen LogP contribution in [0.5, 0.6) is 0 Å². The Balaban J connectivity index is 2.31. The van der Waals surface area contributed by atoms with Crippen molar-refractivity contribution in [2.45, 2.75) is 0 Å². The molecular weight excluding hydrogens is 324 g/mol. The normalized spacial score (nSPS) is 10.7. The van der Waals surface area contributed by atoms with Crippen molar-refractivity contribution in [3.8, 4) is 6.07 Å². The largest absolute Gasteiger partial charge is 0.288 e. The van der Waals surface area contributed by atoms with Gasteiger partial charge in [-0.2, -0.15) is 10.4 Å². The van der Waals surface area contributed by atoms with Crippen molar-refractivity contribution < 1.29 is 13.6 Å². The summed E-state index contributed by atoms with van der Waals surface area (Å²) in [6.07, 6.45) is 1.37. The van der Waals surface area contributed by atoms with Crippen LogP contribution in [0.25, 0.3) is 10.9 Å². The minimum atomic E-state index is -0.886. The maximum Gasteiger partial charge on any atom is 0.198 e. The first-order chi connectivity index (χ1) is 10.9. The first kappa shape index (κ1) is 15.1. The fraction of sp³-hybridized carbons (Fsp3) is 0.0625. The molecule has 0 N–H and O–H groups in total. The van der Waals surface area contributed by atoms with Crippen LogP contribution in [0.2, 0.25) is 5.02 Å². The van der Waals surface area contributed by atoms with Gasteiger partial charge in [0.15, 0.2) is 5.78 Å². The summed E-state index contributed by atoms with van der Waals surface area (Å²) in [5.74, 6) is -2.42. The van der Waals surface area contributed by atoms with E-state index in [2.05, 4.69) is 5.10 Å². The summed E-state index contributed by atoms with van der Waals surface area (Å²) in [6.45, 7) is 0. The molecule has 23 heavy (non-hydrogen) atoms. The molecule has 1 aromatic heterocycles. The van der Waals surface area contributed by atoms with Gasteiger partial charge < -0.3 is 0 Å². The van der Waals surface area contributed by atoms with E-state index in [4.69, 9.17) is 11.6 Å². The van der Waals surface area contributed by atoms with Gasteiger partial charge in [-0.15, -0.1) is 0 Å². The van der Waals surface area contributed by atoms with Gasteiger partial charge in [-0.25, -0.2) is 8.78 Å².